The largest absolute Gasteiger partial charge is 0.357 e. The molecule has 158 valence electrons. The number of hydrogen-bond acceptors (Lipinski definition) is 3. The lowest BCUT2D eigenvalue weighted by molar-refractivity contribution is 0.292. The van der Waals surface area contributed by atoms with Crippen LogP contribution in [0.15, 0.2) is 29.3 Å². The molecule has 0 saturated carbocycles. The van der Waals surface area contributed by atoms with E-state index < -0.39 is 0 Å². The van der Waals surface area contributed by atoms with Crippen molar-refractivity contribution in [1.29, 1.82) is 0 Å². The first-order valence-corrected chi connectivity index (χ1v) is 10.3. The Morgan fingerprint density at radius 2 is 1.93 bits per heavy atom. The molecule has 0 saturated heterocycles. The minimum absolute atomic E-state index is 0. The number of aromatic nitrogens is 2. The van der Waals surface area contributed by atoms with Crippen LogP contribution in [0, 0.1) is 0 Å². The number of fused-ring (bicyclic) bond motifs is 1. The molecule has 0 aliphatic heterocycles. The van der Waals surface area contributed by atoms with Crippen LogP contribution < -0.4 is 10.6 Å². The van der Waals surface area contributed by atoms with Crippen molar-refractivity contribution in [2.75, 3.05) is 26.2 Å². The number of guanidine groups is 1. The van der Waals surface area contributed by atoms with Crippen LogP contribution in [0.2, 0.25) is 0 Å². The molecule has 2 aromatic rings. The first-order chi connectivity index (χ1) is 13.1. The highest BCUT2D eigenvalue weighted by atomic mass is 127. The normalized spacial score (nSPS) is 12.9. The minimum Gasteiger partial charge on any atom is -0.357 e. The smallest absolute Gasteiger partial charge is 0.191 e. The zero-order valence-corrected chi connectivity index (χ0v) is 20.4. The number of rotatable bonds is 10. The molecule has 1 aromatic heterocycles. The van der Waals surface area contributed by atoms with E-state index in [2.05, 4.69) is 60.9 Å². The fourth-order valence-corrected chi connectivity index (χ4v) is 3.27. The van der Waals surface area contributed by atoms with Crippen LogP contribution >= 0.6 is 24.0 Å². The Balaban J connectivity index is 0.00000392. The van der Waals surface area contributed by atoms with Gasteiger partial charge in [0.1, 0.15) is 12.4 Å². The summed E-state index contributed by atoms with van der Waals surface area (Å²) in [5.74, 6) is 1.84. The number of nitrogens with one attached hydrogen (secondary N) is 2. The fourth-order valence-electron chi connectivity index (χ4n) is 3.27. The average Bonchev–Trinajstić information content (AvgIpc) is 2.99. The van der Waals surface area contributed by atoms with Crippen LogP contribution in [0.5, 0.6) is 0 Å². The van der Waals surface area contributed by atoms with Crippen molar-refractivity contribution in [1.82, 2.24) is 25.1 Å². The van der Waals surface area contributed by atoms with Crippen molar-refractivity contribution in [3.05, 3.63) is 30.1 Å². The second kappa shape index (κ2) is 13.0. The summed E-state index contributed by atoms with van der Waals surface area (Å²) < 4.78 is 2.12. The molecule has 0 amide bonds. The van der Waals surface area contributed by atoms with Gasteiger partial charge in [0.15, 0.2) is 5.96 Å². The summed E-state index contributed by atoms with van der Waals surface area (Å²) in [7, 11) is 2.05. The third-order valence-electron chi connectivity index (χ3n) is 4.99. The molecule has 2 rings (SSSR count). The van der Waals surface area contributed by atoms with Gasteiger partial charge < -0.3 is 20.1 Å². The molecule has 0 aliphatic carbocycles. The predicted molar refractivity (Wildman–Crippen MR) is 131 cm³/mol. The van der Waals surface area contributed by atoms with Crippen molar-refractivity contribution >= 4 is 41.0 Å². The van der Waals surface area contributed by atoms with Crippen LogP contribution in [-0.2, 0) is 13.6 Å². The number of benzene rings is 1. The zero-order valence-electron chi connectivity index (χ0n) is 18.0. The highest BCUT2D eigenvalue weighted by Gasteiger charge is 2.09. The minimum atomic E-state index is 0. The zero-order chi connectivity index (χ0) is 19.6. The molecule has 6 nitrogen and oxygen atoms in total. The Morgan fingerprint density at radius 1 is 1.21 bits per heavy atom. The molecule has 1 unspecified atom stereocenters. The van der Waals surface area contributed by atoms with E-state index >= 15 is 0 Å². The third kappa shape index (κ3) is 7.24. The van der Waals surface area contributed by atoms with E-state index in [0.717, 1.165) is 55.4 Å². The second-order valence-electron chi connectivity index (χ2n) is 6.99. The lowest BCUT2D eigenvalue weighted by atomic mass is 10.2. The van der Waals surface area contributed by atoms with Crippen molar-refractivity contribution in [2.24, 2.45) is 12.0 Å². The quantitative estimate of drug-likeness (QED) is 0.297. The van der Waals surface area contributed by atoms with Crippen molar-refractivity contribution in [2.45, 2.75) is 53.1 Å². The van der Waals surface area contributed by atoms with Gasteiger partial charge in [-0.15, -0.1) is 24.0 Å². The van der Waals surface area contributed by atoms with Crippen LogP contribution in [-0.4, -0.2) is 52.6 Å². The number of nitrogens with zero attached hydrogens (tertiary/aromatic N) is 4. The van der Waals surface area contributed by atoms with Crippen molar-refractivity contribution in [3.63, 3.8) is 0 Å². The summed E-state index contributed by atoms with van der Waals surface area (Å²) >= 11 is 0. The van der Waals surface area contributed by atoms with Crippen molar-refractivity contribution < 1.29 is 0 Å². The molecule has 1 aromatic carbocycles. The molecule has 0 spiro atoms. The molecule has 28 heavy (non-hydrogen) atoms. The summed E-state index contributed by atoms with van der Waals surface area (Å²) in [5, 5.41) is 6.88. The highest BCUT2D eigenvalue weighted by Crippen LogP contribution is 2.14. The van der Waals surface area contributed by atoms with Gasteiger partial charge in [0.05, 0.1) is 11.0 Å². The Morgan fingerprint density at radius 3 is 2.57 bits per heavy atom. The molecule has 2 N–H and O–H groups in total. The van der Waals surface area contributed by atoms with Gasteiger partial charge in [-0.1, -0.05) is 26.0 Å². The molecule has 7 heteroatoms. The maximum atomic E-state index is 4.76. The first kappa shape index (κ1) is 24.7. The van der Waals surface area contributed by atoms with E-state index in [-0.39, 0.29) is 24.0 Å². The van der Waals surface area contributed by atoms with Gasteiger partial charge in [-0.25, -0.2) is 9.98 Å². The van der Waals surface area contributed by atoms with Gasteiger partial charge in [-0.3, -0.25) is 0 Å². The van der Waals surface area contributed by atoms with E-state index in [1.807, 2.05) is 18.2 Å². The maximum absolute atomic E-state index is 4.76. The summed E-state index contributed by atoms with van der Waals surface area (Å²) in [5.41, 5.74) is 2.17. The molecule has 0 radical (unpaired) electrons. The van der Waals surface area contributed by atoms with E-state index in [4.69, 9.17) is 9.98 Å². The maximum Gasteiger partial charge on any atom is 0.191 e. The van der Waals surface area contributed by atoms with Gasteiger partial charge in [-0.2, -0.15) is 0 Å². The van der Waals surface area contributed by atoms with Crippen molar-refractivity contribution in [3.8, 4) is 0 Å². The van der Waals surface area contributed by atoms with E-state index in [0.29, 0.717) is 12.6 Å². The van der Waals surface area contributed by atoms with Crippen LogP contribution in [0.1, 0.15) is 46.4 Å². The second-order valence-corrected chi connectivity index (χ2v) is 6.99. The Hall–Kier alpha value is -1.35. The van der Waals surface area contributed by atoms with Gasteiger partial charge in [0, 0.05) is 19.6 Å². The lowest BCUT2D eigenvalue weighted by Gasteiger charge is -2.21. The van der Waals surface area contributed by atoms with E-state index in [1.165, 1.54) is 6.42 Å². The van der Waals surface area contributed by atoms with E-state index in [1.54, 1.807) is 0 Å². The van der Waals surface area contributed by atoms with Gasteiger partial charge >= 0.3 is 0 Å². The van der Waals surface area contributed by atoms with Crippen LogP contribution in [0.3, 0.4) is 0 Å². The van der Waals surface area contributed by atoms with Crippen LogP contribution in [0.25, 0.3) is 11.0 Å². The van der Waals surface area contributed by atoms with E-state index in [9.17, 15) is 0 Å². The summed E-state index contributed by atoms with van der Waals surface area (Å²) in [6.07, 6.45) is 2.33. The highest BCUT2D eigenvalue weighted by molar-refractivity contribution is 14.0. The fraction of sp³-hybridized carbons (Fsp3) is 0.619. The molecule has 1 heterocycles. The SMILES string of the molecule is CCNC(=NCc1nc2ccccc2n1C)NC(C)CCCN(CC)CC.I. The molecule has 0 aliphatic rings. The van der Waals surface area contributed by atoms with Gasteiger partial charge in [0.2, 0.25) is 0 Å². The predicted octanol–water partition coefficient (Wildman–Crippen LogP) is 3.76. The number of para-hydroxylation sites is 2. The summed E-state index contributed by atoms with van der Waals surface area (Å²) in [6.45, 7) is 13.6. The Kier molecular flexibility index (Phi) is 11.4. The monoisotopic (exact) mass is 500 g/mol. The van der Waals surface area contributed by atoms with Gasteiger partial charge in [-0.05, 0) is 58.5 Å². The summed E-state index contributed by atoms with van der Waals surface area (Å²) in [4.78, 5) is 11.9. The number of imidazole rings is 1. The number of aryl methyl sites for hydroxylation is 1. The number of aliphatic imine (C=N–C) groups is 1. The molecular weight excluding hydrogens is 463 g/mol. The number of halogens is 1. The Bertz CT molecular complexity index is 723. The summed E-state index contributed by atoms with van der Waals surface area (Å²) in [6, 6.07) is 8.59. The van der Waals surface area contributed by atoms with Crippen LogP contribution in [0.4, 0.5) is 0 Å². The standard InChI is InChI=1S/C21H36N6.HI/c1-6-22-21(24-17(4)12-11-15-27(7-2)8-3)23-16-20-25-18-13-9-10-14-19(18)26(20)5;/h9-10,13-14,17H,6-8,11-12,15-16H2,1-5H3,(H2,22,23,24);1H. The Labute approximate surface area is 187 Å². The molecule has 0 fully saturated rings. The molecular formula is C21H37IN6. The first-order valence-electron chi connectivity index (χ1n) is 10.3. The number of hydrogen-bond donors (Lipinski definition) is 2. The molecule has 1 atom stereocenters. The average molecular weight is 500 g/mol. The molecule has 0 bridgehead atoms. The van der Waals surface area contributed by atoms with Gasteiger partial charge in [0.25, 0.3) is 0 Å². The third-order valence-corrected chi connectivity index (χ3v) is 4.99. The lowest BCUT2D eigenvalue weighted by Crippen LogP contribution is -2.42. The topological polar surface area (TPSA) is 57.5 Å².